The lowest BCUT2D eigenvalue weighted by molar-refractivity contribution is -0.0874. The molecule has 0 bridgehead atoms. The minimum atomic E-state index is -0.184. The van der Waals surface area contributed by atoms with Crippen molar-refractivity contribution < 1.29 is 9.53 Å². The second-order valence-electron chi connectivity index (χ2n) is 5.08. The van der Waals surface area contributed by atoms with Crippen molar-refractivity contribution in [3.8, 4) is 0 Å². The van der Waals surface area contributed by atoms with Gasteiger partial charge in [0, 0.05) is 18.3 Å². The van der Waals surface area contributed by atoms with Gasteiger partial charge in [-0.1, -0.05) is 13.8 Å². The van der Waals surface area contributed by atoms with Crippen LogP contribution in [0.15, 0.2) is 0 Å². The summed E-state index contributed by atoms with van der Waals surface area (Å²) in [6.45, 7) is 8.30. The van der Waals surface area contributed by atoms with Crippen LogP contribution in [-0.4, -0.2) is 54.3 Å². The van der Waals surface area contributed by atoms with Gasteiger partial charge in [-0.3, -0.25) is 0 Å². The van der Waals surface area contributed by atoms with Gasteiger partial charge in [-0.2, -0.15) is 11.8 Å². The number of hydrogen-bond donors (Lipinski definition) is 1. The zero-order valence-electron chi connectivity index (χ0n) is 12.0. The van der Waals surface area contributed by atoms with Crippen LogP contribution >= 0.6 is 11.8 Å². The molecule has 1 aliphatic rings. The Labute approximate surface area is 115 Å². The van der Waals surface area contributed by atoms with E-state index in [9.17, 15) is 4.79 Å². The standard InChI is InChI=1S/C13H26N2O2S/c1-5-11(9-18-4)14-12(16)15-7-8-17-13(3,6-2)10-15/h11H,5-10H2,1-4H3,(H,14,16)/t11-,13+/m0/s1. The van der Waals surface area contributed by atoms with Crippen LogP contribution in [-0.2, 0) is 4.74 Å². The molecule has 0 spiro atoms. The number of rotatable bonds is 5. The lowest BCUT2D eigenvalue weighted by Gasteiger charge is -2.40. The first-order valence-electron chi connectivity index (χ1n) is 6.73. The molecule has 1 N–H and O–H groups in total. The molecule has 1 saturated heterocycles. The van der Waals surface area contributed by atoms with Crippen LogP contribution < -0.4 is 5.32 Å². The van der Waals surface area contributed by atoms with Crippen LogP contribution in [0.25, 0.3) is 0 Å². The van der Waals surface area contributed by atoms with Crippen LogP contribution in [0.1, 0.15) is 33.6 Å². The largest absolute Gasteiger partial charge is 0.372 e. The van der Waals surface area contributed by atoms with Gasteiger partial charge in [-0.25, -0.2) is 4.79 Å². The number of carbonyl (C=O) groups excluding carboxylic acids is 1. The van der Waals surface area contributed by atoms with Gasteiger partial charge in [0.15, 0.2) is 0 Å². The van der Waals surface area contributed by atoms with Crippen LogP contribution in [0.3, 0.4) is 0 Å². The molecule has 2 amide bonds. The predicted octanol–water partition coefficient (Wildman–Crippen LogP) is 2.34. The zero-order valence-corrected chi connectivity index (χ0v) is 12.8. The Morgan fingerprint density at radius 1 is 1.56 bits per heavy atom. The van der Waals surface area contributed by atoms with E-state index >= 15 is 0 Å². The van der Waals surface area contributed by atoms with Crippen molar-refractivity contribution in [1.82, 2.24) is 10.2 Å². The topological polar surface area (TPSA) is 41.6 Å². The molecule has 5 heteroatoms. The van der Waals surface area contributed by atoms with Gasteiger partial charge in [0.05, 0.1) is 18.8 Å². The van der Waals surface area contributed by atoms with E-state index in [1.165, 1.54) is 0 Å². The van der Waals surface area contributed by atoms with Gasteiger partial charge in [0.25, 0.3) is 0 Å². The molecule has 0 aromatic heterocycles. The van der Waals surface area contributed by atoms with Crippen LogP contribution in [0.5, 0.6) is 0 Å². The fourth-order valence-corrected chi connectivity index (χ4v) is 2.77. The van der Waals surface area contributed by atoms with E-state index in [-0.39, 0.29) is 17.7 Å². The van der Waals surface area contributed by atoms with Gasteiger partial charge in [-0.05, 0) is 26.0 Å². The first kappa shape index (κ1) is 15.6. The molecular formula is C13H26N2O2S. The number of urea groups is 1. The quantitative estimate of drug-likeness (QED) is 0.836. The van der Waals surface area contributed by atoms with Crippen molar-refractivity contribution in [1.29, 1.82) is 0 Å². The van der Waals surface area contributed by atoms with Crippen molar-refractivity contribution >= 4 is 17.8 Å². The highest BCUT2D eigenvalue weighted by Gasteiger charge is 2.32. The van der Waals surface area contributed by atoms with E-state index in [1.807, 2.05) is 4.90 Å². The molecular weight excluding hydrogens is 248 g/mol. The van der Waals surface area contributed by atoms with Gasteiger partial charge >= 0.3 is 6.03 Å². The molecule has 2 atom stereocenters. The van der Waals surface area contributed by atoms with E-state index in [0.29, 0.717) is 19.7 Å². The minimum Gasteiger partial charge on any atom is -0.372 e. The van der Waals surface area contributed by atoms with E-state index < -0.39 is 0 Å². The van der Waals surface area contributed by atoms with Gasteiger partial charge in [-0.15, -0.1) is 0 Å². The van der Waals surface area contributed by atoms with E-state index in [2.05, 4.69) is 32.3 Å². The van der Waals surface area contributed by atoms with Gasteiger partial charge in [0.2, 0.25) is 0 Å². The molecule has 1 rings (SSSR count). The third-order valence-electron chi connectivity index (χ3n) is 3.56. The zero-order chi connectivity index (χ0) is 13.6. The summed E-state index contributed by atoms with van der Waals surface area (Å²) in [5, 5.41) is 3.11. The summed E-state index contributed by atoms with van der Waals surface area (Å²) in [6.07, 6.45) is 3.97. The first-order chi connectivity index (χ1) is 8.54. The number of nitrogens with zero attached hydrogens (tertiary/aromatic N) is 1. The number of morpholine rings is 1. The Morgan fingerprint density at radius 2 is 2.28 bits per heavy atom. The summed E-state index contributed by atoms with van der Waals surface area (Å²) in [5.74, 6) is 0.970. The van der Waals surface area contributed by atoms with Crippen molar-refractivity contribution in [2.45, 2.75) is 45.3 Å². The lowest BCUT2D eigenvalue weighted by atomic mass is 10.0. The monoisotopic (exact) mass is 274 g/mol. The second kappa shape index (κ2) is 7.24. The molecule has 0 aliphatic carbocycles. The van der Waals surface area contributed by atoms with Crippen LogP contribution in [0, 0.1) is 0 Å². The molecule has 1 fully saturated rings. The molecule has 0 unspecified atom stereocenters. The normalized spacial score (nSPS) is 25.9. The molecule has 4 nitrogen and oxygen atoms in total. The summed E-state index contributed by atoms with van der Waals surface area (Å²) in [7, 11) is 0. The third-order valence-corrected chi connectivity index (χ3v) is 4.30. The molecule has 1 aliphatic heterocycles. The first-order valence-corrected chi connectivity index (χ1v) is 8.12. The van der Waals surface area contributed by atoms with E-state index in [0.717, 1.165) is 18.6 Å². The summed E-state index contributed by atoms with van der Waals surface area (Å²) in [6, 6.07) is 0.321. The molecule has 0 aromatic carbocycles. The summed E-state index contributed by atoms with van der Waals surface area (Å²) >= 11 is 1.77. The Morgan fingerprint density at radius 3 is 2.83 bits per heavy atom. The van der Waals surface area contributed by atoms with Crippen LogP contribution in [0.4, 0.5) is 4.79 Å². The summed E-state index contributed by atoms with van der Waals surface area (Å²) < 4.78 is 5.75. The maximum absolute atomic E-state index is 12.2. The minimum absolute atomic E-state index is 0.0545. The van der Waals surface area contributed by atoms with Crippen molar-refractivity contribution in [3.63, 3.8) is 0 Å². The number of hydrogen-bond acceptors (Lipinski definition) is 3. The third kappa shape index (κ3) is 4.35. The van der Waals surface area contributed by atoms with Crippen molar-refractivity contribution in [2.75, 3.05) is 31.7 Å². The Kier molecular flexibility index (Phi) is 6.29. The fourth-order valence-electron chi connectivity index (χ4n) is 2.05. The van der Waals surface area contributed by atoms with Crippen molar-refractivity contribution in [3.05, 3.63) is 0 Å². The number of carbonyl (C=O) groups is 1. The molecule has 18 heavy (non-hydrogen) atoms. The highest BCUT2D eigenvalue weighted by atomic mass is 32.2. The molecule has 106 valence electrons. The highest BCUT2D eigenvalue weighted by molar-refractivity contribution is 7.98. The second-order valence-corrected chi connectivity index (χ2v) is 5.99. The number of amides is 2. The summed E-state index contributed by atoms with van der Waals surface area (Å²) in [4.78, 5) is 14.1. The molecule has 1 heterocycles. The fraction of sp³-hybridized carbons (Fsp3) is 0.923. The van der Waals surface area contributed by atoms with E-state index in [4.69, 9.17) is 4.74 Å². The maximum Gasteiger partial charge on any atom is 0.317 e. The Hall–Kier alpha value is -0.420. The van der Waals surface area contributed by atoms with E-state index in [1.54, 1.807) is 11.8 Å². The predicted molar refractivity (Wildman–Crippen MR) is 77.2 cm³/mol. The Balaban J connectivity index is 2.50. The average Bonchev–Trinajstić information content (AvgIpc) is 2.38. The highest BCUT2D eigenvalue weighted by Crippen LogP contribution is 2.21. The summed E-state index contributed by atoms with van der Waals surface area (Å²) in [5.41, 5.74) is -0.184. The smallest absolute Gasteiger partial charge is 0.317 e. The SMILES string of the molecule is CC[C@@H](CSC)NC(=O)N1CCO[C@](C)(CC)C1. The van der Waals surface area contributed by atoms with Gasteiger partial charge < -0.3 is 15.0 Å². The maximum atomic E-state index is 12.2. The lowest BCUT2D eigenvalue weighted by Crippen LogP contribution is -2.56. The van der Waals surface area contributed by atoms with Crippen LogP contribution in [0.2, 0.25) is 0 Å². The molecule has 0 saturated carbocycles. The molecule has 0 radical (unpaired) electrons. The molecule has 0 aromatic rings. The number of nitrogens with one attached hydrogen (secondary N) is 1. The Bertz CT molecular complexity index is 276. The van der Waals surface area contributed by atoms with Crippen molar-refractivity contribution in [2.24, 2.45) is 0 Å². The number of thioether (sulfide) groups is 1. The number of ether oxygens (including phenoxy) is 1. The average molecular weight is 274 g/mol. The van der Waals surface area contributed by atoms with Gasteiger partial charge in [0.1, 0.15) is 0 Å².